The van der Waals surface area contributed by atoms with Crippen LogP contribution in [0.25, 0.3) is 0 Å². The Labute approximate surface area is 174 Å². The molecule has 3 aromatic rings. The number of anilines is 1. The number of carbonyl (C=O) groups excluding carboxylic acids is 1. The summed E-state index contributed by atoms with van der Waals surface area (Å²) in [6, 6.07) is 13.3. The summed E-state index contributed by atoms with van der Waals surface area (Å²) in [7, 11) is 0. The first-order valence-electron chi connectivity index (χ1n) is 8.88. The van der Waals surface area contributed by atoms with Crippen molar-refractivity contribution in [2.24, 2.45) is 0 Å². The number of amides is 1. The van der Waals surface area contributed by atoms with Crippen LogP contribution >= 0.6 is 11.8 Å². The number of thioether (sulfide) groups is 1. The van der Waals surface area contributed by atoms with Gasteiger partial charge in [0.15, 0.2) is 5.16 Å². The summed E-state index contributed by atoms with van der Waals surface area (Å²) < 4.78 is 28.5. The van der Waals surface area contributed by atoms with Gasteiger partial charge in [-0.25, -0.2) is 0 Å². The number of aryl methyl sites for hydroxylation is 1. The van der Waals surface area contributed by atoms with Crippen LogP contribution in [0, 0.1) is 6.92 Å². The van der Waals surface area contributed by atoms with Crippen LogP contribution in [-0.4, -0.2) is 33.5 Å². The van der Waals surface area contributed by atoms with Gasteiger partial charge in [-0.15, -0.1) is 10.2 Å². The van der Waals surface area contributed by atoms with E-state index in [1.165, 1.54) is 24.3 Å². The maximum atomic E-state index is 12.2. The zero-order valence-corrected chi connectivity index (χ0v) is 16.7. The predicted octanol–water partition coefficient (Wildman–Crippen LogP) is 3.40. The largest absolute Gasteiger partial charge is 0.435 e. The molecule has 0 bridgehead atoms. The maximum absolute atomic E-state index is 12.2. The molecule has 0 aliphatic heterocycles. The van der Waals surface area contributed by atoms with Crippen molar-refractivity contribution in [3.05, 3.63) is 75.7 Å². The summed E-state index contributed by atoms with van der Waals surface area (Å²) in [5.74, 6) is -0.373. The number of nitrogens with zero attached hydrogens (tertiary/aromatic N) is 2. The molecule has 2 N–H and O–H groups in total. The number of ether oxygens (including phenoxy) is 1. The van der Waals surface area contributed by atoms with Gasteiger partial charge in [-0.05, 0) is 36.8 Å². The highest BCUT2D eigenvalue weighted by Gasteiger charge is 2.10. The van der Waals surface area contributed by atoms with Crippen molar-refractivity contribution in [3.8, 4) is 5.75 Å². The SMILES string of the molecule is Cc1ccc(Cc2nnc(SCC(=O)Nc3ccc(OC(F)F)cc3)[nH]c2=O)cc1. The lowest BCUT2D eigenvalue weighted by molar-refractivity contribution is -0.113. The highest BCUT2D eigenvalue weighted by Crippen LogP contribution is 2.18. The fourth-order valence-corrected chi connectivity index (χ4v) is 3.08. The number of H-pyrrole nitrogens is 1. The van der Waals surface area contributed by atoms with Crippen molar-refractivity contribution in [2.45, 2.75) is 25.1 Å². The van der Waals surface area contributed by atoms with Crippen molar-refractivity contribution in [1.82, 2.24) is 15.2 Å². The minimum absolute atomic E-state index is 0.00375. The summed E-state index contributed by atoms with van der Waals surface area (Å²) in [5, 5.41) is 10.8. The number of hydrogen-bond acceptors (Lipinski definition) is 6. The molecule has 0 aliphatic carbocycles. The van der Waals surface area contributed by atoms with Gasteiger partial charge < -0.3 is 10.1 Å². The highest BCUT2D eigenvalue weighted by molar-refractivity contribution is 7.99. The number of aromatic nitrogens is 3. The molecule has 1 heterocycles. The number of rotatable bonds is 8. The Morgan fingerprint density at radius 2 is 1.83 bits per heavy atom. The van der Waals surface area contributed by atoms with E-state index in [2.05, 4.69) is 25.2 Å². The number of carbonyl (C=O) groups is 1. The molecule has 0 radical (unpaired) electrons. The minimum atomic E-state index is -2.91. The van der Waals surface area contributed by atoms with E-state index < -0.39 is 6.61 Å². The van der Waals surface area contributed by atoms with Crippen LogP contribution < -0.4 is 15.6 Å². The van der Waals surface area contributed by atoms with Crippen molar-refractivity contribution in [3.63, 3.8) is 0 Å². The zero-order chi connectivity index (χ0) is 21.5. The van der Waals surface area contributed by atoms with E-state index in [9.17, 15) is 18.4 Å². The Morgan fingerprint density at radius 3 is 2.47 bits per heavy atom. The summed E-state index contributed by atoms with van der Waals surface area (Å²) in [6.45, 7) is -0.927. The number of halogens is 2. The summed E-state index contributed by atoms with van der Waals surface area (Å²) in [5.41, 5.74) is 2.43. The lowest BCUT2D eigenvalue weighted by atomic mass is 10.1. The fourth-order valence-electron chi connectivity index (χ4n) is 2.48. The van der Waals surface area contributed by atoms with Gasteiger partial charge in [-0.2, -0.15) is 8.78 Å². The molecule has 7 nitrogen and oxygen atoms in total. The third-order valence-electron chi connectivity index (χ3n) is 3.94. The van der Waals surface area contributed by atoms with Crippen LogP contribution in [0.1, 0.15) is 16.8 Å². The molecule has 0 aliphatic rings. The van der Waals surface area contributed by atoms with E-state index in [0.29, 0.717) is 17.8 Å². The third kappa shape index (κ3) is 6.38. The first-order chi connectivity index (χ1) is 14.4. The molecule has 0 atom stereocenters. The molecule has 2 aromatic carbocycles. The molecule has 0 spiro atoms. The normalized spacial score (nSPS) is 10.8. The van der Waals surface area contributed by atoms with E-state index in [-0.39, 0.29) is 28.1 Å². The Hall–Kier alpha value is -3.27. The zero-order valence-electron chi connectivity index (χ0n) is 15.9. The molecule has 156 valence electrons. The fraction of sp³-hybridized carbons (Fsp3) is 0.200. The molecule has 0 fully saturated rings. The average Bonchev–Trinajstić information content (AvgIpc) is 2.71. The Bertz CT molecular complexity index is 1060. The van der Waals surface area contributed by atoms with Crippen LogP contribution in [0.15, 0.2) is 58.5 Å². The second kappa shape index (κ2) is 9.97. The number of alkyl halides is 2. The van der Waals surface area contributed by atoms with Crippen molar-refractivity contribution in [1.29, 1.82) is 0 Å². The van der Waals surface area contributed by atoms with Gasteiger partial charge in [-0.1, -0.05) is 41.6 Å². The van der Waals surface area contributed by atoms with Crippen LogP contribution in [0.3, 0.4) is 0 Å². The monoisotopic (exact) mass is 432 g/mol. The predicted molar refractivity (Wildman–Crippen MR) is 109 cm³/mol. The van der Waals surface area contributed by atoms with Crippen LogP contribution in [0.2, 0.25) is 0 Å². The van der Waals surface area contributed by atoms with E-state index in [1.807, 2.05) is 31.2 Å². The van der Waals surface area contributed by atoms with Crippen molar-refractivity contribution < 1.29 is 18.3 Å². The van der Waals surface area contributed by atoms with Crippen LogP contribution in [-0.2, 0) is 11.2 Å². The van der Waals surface area contributed by atoms with E-state index >= 15 is 0 Å². The third-order valence-corrected chi connectivity index (χ3v) is 4.80. The standard InChI is InChI=1S/C20H18F2N4O3S/c1-12-2-4-13(5-3-12)10-16-18(28)24-20(26-25-16)30-11-17(27)23-14-6-8-15(9-7-14)29-19(21)22/h2-9,19H,10-11H2,1H3,(H,23,27)(H,24,26,28). The number of nitrogens with one attached hydrogen (secondary N) is 2. The quantitative estimate of drug-likeness (QED) is 0.530. The Balaban J connectivity index is 1.52. The molecule has 10 heteroatoms. The van der Waals surface area contributed by atoms with Crippen LogP contribution in [0.4, 0.5) is 14.5 Å². The smallest absolute Gasteiger partial charge is 0.387 e. The summed E-state index contributed by atoms with van der Waals surface area (Å²) in [4.78, 5) is 26.9. The second-order valence-electron chi connectivity index (χ2n) is 6.31. The van der Waals surface area contributed by atoms with Gasteiger partial charge >= 0.3 is 6.61 Å². The highest BCUT2D eigenvalue weighted by atomic mass is 32.2. The van der Waals surface area contributed by atoms with E-state index in [4.69, 9.17) is 0 Å². The molecule has 30 heavy (non-hydrogen) atoms. The molecule has 0 saturated heterocycles. The van der Waals surface area contributed by atoms with Gasteiger partial charge in [0.05, 0.1) is 5.75 Å². The van der Waals surface area contributed by atoms with Gasteiger partial charge in [0.2, 0.25) is 5.91 Å². The topological polar surface area (TPSA) is 97.0 Å². The first-order valence-corrected chi connectivity index (χ1v) is 9.86. The van der Waals surface area contributed by atoms with Gasteiger partial charge in [0.1, 0.15) is 11.4 Å². The lowest BCUT2D eigenvalue weighted by Gasteiger charge is -2.07. The Morgan fingerprint density at radius 1 is 1.13 bits per heavy atom. The average molecular weight is 432 g/mol. The van der Waals surface area contributed by atoms with Crippen molar-refractivity contribution >= 4 is 23.4 Å². The van der Waals surface area contributed by atoms with E-state index in [1.54, 1.807) is 0 Å². The van der Waals surface area contributed by atoms with Gasteiger partial charge in [0, 0.05) is 12.1 Å². The van der Waals surface area contributed by atoms with Crippen LogP contribution in [0.5, 0.6) is 5.75 Å². The second-order valence-corrected chi connectivity index (χ2v) is 7.27. The first kappa shape index (κ1) is 21.4. The minimum Gasteiger partial charge on any atom is -0.435 e. The lowest BCUT2D eigenvalue weighted by Crippen LogP contribution is -2.19. The number of hydrogen-bond donors (Lipinski definition) is 2. The van der Waals surface area contributed by atoms with Gasteiger partial charge in [-0.3, -0.25) is 14.6 Å². The molecular formula is C20H18F2N4O3S. The summed E-state index contributed by atoms with van der Waals surface area (Å²) in [6.07, 6.45) is 0.360. The molecule has 0 unspecified atom stereocenters. The molecule has 1 amide bonds. The maximum Gasteiger partial charge on any atom is 0.387 e. The number of benzene rings is 2. The van der Waals surface area contributed by atoms with E-state index in [0.717, 1.165) is 22.9 Å². The van der Waals surface area contributed by atoms with Crippen molar-refractivity contribution in [2.75, 3.05) is 11.1 Å². The molecular weight excluding hydrogens is 414 g/mol. The number of aromatic amines is 1. The molecule has 0 saturated carbocycles. The Kier molecular flexibility index (Phi) is 7.12. The summed E-state index contributed by atoms with van der Waals surface area (Å²) >= 11 is 1.03. The van der Waals surface area contributed by atoms with Gasteiger partial charge in [0.25, 0.3) is 5.56 Å². The molecule has 1 aromatic heterocycles. The molecule has 3 rings (SSSR count).